The molecule has 7 nitrogen and oxygen atoms in total. The van der Waals surface area contributed by atoms with Gasteiger partial charge in [0.05, 0.1) is 26.5 Å². The number of hydrogen-bond acceptors (Lipinski definition) is 5. The summed E-state index contributed by atoms with van der Waals surface area (Å²) in [6.07, 6.45) is 3.74. The summed E-state index contributed by atoms with van der Waals surface area (Å²) in [5, 5.41) is 5.79. The number of ether oxygens (including phenoxy) is 2. The lowest BCUT2D eigenvalue weighted by molar-refractivity contribution is -0.118. The molecule has 2 amide bonds. The molecular weight excluding hydrogens is 432 g/mol. The molecule has 1 aromatic heterocycles. The van der Waals surface area contributed by atoms with Gasteiger partial charge in [-0.3, -0.25) is 9.59 Å². The summed E-state index contributed by atoms with van der Waals surface area (Å²) in [7, 11) is 3.17. The molecule has 2 aromatic carbocycles. The molecular formula is C27H30N2O5. The lowest BCUT2D eigenvalue weighted by Gasteiger charge is -2.22. The van der Waals surface area contributed by atoms with E-state index in [4.69, 9.17) is 13.9 Å². The predicted octanol–water partition coefficient (Wildman–Crippen LogP) is 4.97. The molecule has 1 unspecified atom stereocenters. The number of nitrogens with one attached hydrogen (secondary N) is 2. The van der Waals surface area contributed by atoms with Gasteiger partial charge in [-0.05, 0) is 66.4 Å². The highest BCUT2D eigenvalue weighted by Crippen LogP contribution is 2.24. The Kier molecular flexibility index (Phi) is 8.51. The van der Waals surface area contributed by atoms with Crippen LogP contribution in [-0.2, 0) is 4.79 Å². The first kappa shape index (κ1) is 24.6. The van der Waals surface area contributed by atoms with E-state index >= 15 is 0 Å². The molecule has 34 heavy (non-hydrogen) atoms. The zero-order valence-electron chi connectivity index (χ0n) is 19.8. The first-order chi connectivity index (χ1) is 16.4. The number of amides is 2. The van der Waals surface area contributed by atoms with E-state index in [9.17, 15) is 9.59 Å². The molecule has 3 aromatic rings. The van der Waals surface area contributed by atoms with Crippen LogP contribution in [0.3, 0.4) is 0 Å². The summed E-state index contributed by atoms with van der Waals surface area (Å²) in [4.78, 5) is 26.2. The molecule has 0 aliphatic rings. The van der Waals surface area contributed by atoms with Crippen molar-refractivity contribution in [2.24, 2.45) is 5.92 Å². The molecule has 0 fully saturated rings. The number of rotatable bonds is 10. The first-order valence-corrected chi connectivity index (χ1v) is 11.0. The van der Waals surface area contributed by atoms with Gasteiger partial charge in [-0.25, -0.2) is 0 Å². The van der Waals surface area contributed by atoms with E-state index in [2.05, 4.69) is 24.5 Å². The third kappa shape index (κ3) is 6.75. The van der Waals surface area contributed by atoms with E-state index in [1.54, 1.807) is 50.6 Å². The molecule has 7 heteroatoms. The highest BCUT2D eigenvalue weighted by molar-refractivity contribution is 6.05. The van der Waals surface area contributed by atoms with Crippen molar-refractivity contribution in [3.05, 3.63) is 89.5 Å². The van der Waals surface area contributed by atoms with E-state index in [1.807, 2.05) is 24.3 Å². The summed E-state index contributed by atoms with van der Waals surface area (Å²) in [5.74, 6) is 1.32. The van der Waals surface area contributed by atoms with Crippen LogP contribution in [0.1, 0.15) is 48.0 Å². The average molecular weight is 463 g/mol. The van der Waals surface area contributed by atoms with Crippen molar-refractivity contribution in [1.82, 2.24) is 10.6 Å². The second-order valence-corrected chi connectivity index (χ2v) is 8.18. The molecule has 2 N–H and O–H groups in total. The molecule has 0 radical (unpaired) electrons. The minimum atomic E-state index is -0.417. The third-order valence-electron chi connectivity index (χ3n) is 5.21. The largest absolute Gasteiger partial charge is 0.497 e. The van der Waals surface area contributed by atoms with Crippen LogP contribution in [0, 0.1) is 5.92 Å². The molecule has 1 heterocycles. The summed E-state index contributed by atoms with van der Waals surface area (Å²) >= 11 is 0. The van der Waals surface area contributed by atoms with Gasteiger partial charge in [-0.15, -0.1) is 0 Å². The fraction of sp³-hybridized carbons (Fsp3) is 0.259. The second-order valence-electron chi connectivity index (χ2n) is 8.18. The Morgan fingerprint density at radius 1 is 0.941 bits per heavy atom. The fourth-order valence-electron chi connectivity index (χ4n) is 3.43. The Labute approximate surface area is 199 Å². The number of carbonyl (C=O) groups excluding carboxylic acids is 2. The van der Waals surface area contributed by atoms with Crippen LogP contribution >= 0.6 is 0 Å². The number of hydrogen-bond donors (Lipinski definition) is 2. The van der Waals surface area contributed by atoms with Crippen molar-refractivity contribution in [1.29, 1.82) is 0 Å². The SMILES string of the molecule is COc1ccc(C(=O)N/C(=C\c2ccco2)C(=O)NC(CC(C)C)c2ccc(OC)cc2)cc1. The standard InChI is InChI=1S/C27H30N2O5/c1-18(2)16-24(19-7-11-21(32-3)12-8-19)28-27(31)25(17-23-6-5-15-34-23)29-26(30)20-9-13-22(33-4)14-10-20/h5-15,17-18,24H,16H2,1-4H3,(H,28,31)(H,29,30)/b25-17-. The van der Waals surface area contributed by atoms with Gasteiger partial charge in [0.15, 0.2) is 0 Å². The van der Waals surface area contributed by atoms with E-state index in [-0.39, 0.29) is 11.7 Å². The summed E-state index contributed by atoms with van der Waals surface area (Å²) in [6, 6.07) is 17.4. The molecule has 0 saturated carbocycles. The van der Waals surface area contributed by atoms with Crippen molar-refractivity contribution in [3.63, 3.8) is 0 Å². The Bertz CT molecular complexity index is 1100. The zero-order chi connectivity index (χ0) is 24.5. The summed E-state index contributed by atoms with van der Waals surface area (Å²) < 4.78 is 15.8. The maximum atomic E-state index is 13.3. The van der Waals surface area contributed by atoms with E-state index < -0.39 is 11.8 Å². The normalized spacial score (nSPS) is 12.2. The van der Waals surface area contributed by atoms with Crippen molar-refractivity contribution < 1.29 is 23.5 Å². The fourth-order valence-corrected chi connectivity index (χ4v) is 3.43. The lowest BCUT2D eigenvalue weighted by atomic mass is 9.96. The molecule has 178 valence electrons. The van der Waals surface area contributed by atoms with E-state index in [0.717, 1.165) is 17.7 Å². The highest BCUT2D eigenvalue weighted by atomic mass is 16.5. The number of benzene rings is 2. The minimum Gasteiger partial charge on any atom is -0.497 e. The number of carbonyl (C=O) groups is 2. The summed E-state index contributed by atoms with van der Waals surface area (Å²) in [6.45, 7) is 4.18. The van der Waals surface area contributed by atoms with Crippen LogP contribution in [0.5, 0.6) is 11.5 Å². The highest BCUT2D eigenvalue weighted by Gasteiger charge is 2.21. The van der Waals surface area contributed by atoms with Gasteiger partial charge in [-0.2, -0.15) is 0 Å². The molecule has 0 spiro atoms. The van der Waals surface area contributed by atoms with E-state index in [1.165, 1.54) is 12.3 Å². The third-order valence-corrected chi connectivity index (χ3v) is 5.21. The smallest absolute Gasteiger partial charge is 0.268 e. The minimum absolute atomic E-state index is 0.0815. The maximum absolute atomic E-state index is 13.3. The monoisotopic (exact) mass is 462 g/mol. The van der Waals surface area contributed by atoms with Gasteiger partial charge < -0.3 is 24.5 Å². The zero-order valence-corrected chi connectivity index (χ0v) is 19.8. The van der Waals surface area contributed by atoms with Crippen molar-refractivity contribution in [2.45, 2.75) is 26.3 Å². The number of methoxy groups -OCH3 is 2. The van der Waals surface area contributed by atoms with Crippen LogP contribution < -0.4 is 20.1 Å². The van der Waals surface area contributed by atoms with Crippen molar-refractivity contribution >= 4 is 17.9 Å². The number of furan rings is 1. The summed E-state index contributed by atoms with van der Waals surface area (Å²) in [5.41, 5.74) is 1.42. The van der Waals surface area contributed by atoms with Crippen LogP contribution in [0.15, 0.2) is 77.0 Å². The van der Waals surface area contributed by atoms with Gasteiger partial charge >= 0.3 is 0 Å². The second kappa shape index (κ2) is 11.7. The topological polar surface area (TPSA) is 89.8 Å². The van der Waals surface area contributed by atoms with Gasteiger partial charge in [-0.1, -0.05) is 26.0 Å². The van der Waals surface area contributed by atoms with Crippen LogP contribution in [0.4, 0.5) is 0 Å². The van der Waals surface area contributed by atoms with Gasteiger partial charge in [0.25, 0.3) is 11.8 Å². The van der Waals surface area contributed by atoms with Crippen LogP contribution in [0.2, 0.25) is 0 Å². The molecule has 0 bridgehead atoms. The van der Waals surface area contributed by atoms with Gasteiger partial charge in [0.1, 0.15) is 23.0 Å². The Morgan fingerprint density at radius 3 is 2.09 bits per heavy atom. The molecule has 0 aliphatic heterocycles. The molecule has 3 rings (SSSR count). The van der Waals surface area contributed by atoms with Gasteiger partial charge in [0, 0.05) is 11.6 Å². The lowest BCUT2D eigenvalue weighted by Crippen LogP contribution is -2.37. The predicted molar refractivity (Wildman–Crippen MR) is 130 cm³/mol. The van der Waals surface area contributed by atoms with E-state index in [0.29, 0.717) is 23.0 Å². The maximum Gasteiger partial charge on any atom is 0.268 e. The first-order valence-electron chi connectivity index (χ1n) is 11.0. The molecule has 0 aliphatic carbocycles. The average Bonchev–Trinajstić information content (AvgIpc) is 3.36. The molecule has 0 saturated heterocycles. The molecule has 1 atom stereocenters. The van der Waals surface area contributed by atoms with Crippen LogP contribution in [-0.4, -0.2) is 26.0 Å². The van der Waals surface area contributed by atoms with Gasteiger partial charge in [0.2, 0.25) is 0 Å². The Hall–Kier alpha value is -4.00. The van der Waals surface area contributed by atoms with Crippen molar-refractivity contribution in [3.8, 4) is 11.5 Å². The van der Waals surface area contributed by atoms with Crippen LogP contribution in [0.25, 0.3) is 6.08 Å². The Balaban J connectivity index is 1.84. The quantitative estimate of drug-likeness (QED) is 0.415. The Morgan fingerprint density at radius 2 is 1.56 bits per heavy atom. The van der Waals surface area contributed by atoms with Crippen molar-refractivity contribution in [2.75, 3.05) is 14.2 Å².